The fourth-order valence-electron chi connectivity index (χ4n) is 4.95. The van der Waals surface area contributed by atoms with Gasteiger partial charge >= 0.3 is 0 Å². The summed E-state index contributed by atoms with van der Waals surface area (Å²) in [6.07, 6.45) is 7.08. The average molecular weight is 284 g/mol. The summed E-state index contributed by atoms with van der Waals surface area (Å²) in [5.74, 6) is 1.87. The third-order valence-electron chi connectivity index (χ3n) is 6.16. The number of allylic oxidation sites excluding steroid dienone is 2. The largest absolute Gasteiger partial charge is 0.122 e. The second kappa shape index (κ2) is 4.66. The maximum absolute atomic E-state index is 2.58. The van der Waals surface area contributed by atoms with E-state index in [4.69, 9.17) is 0 Å². The summed E-state index contributed by atoms with van der Waals surface area (Å²) in [4.78, 5) is 1.46. The van der Waals surface area contributed by atoms with E-state index >= 15 is 0 Å². The SMILES string of the molecule is CC1=C(C2CCC3C(Sc4ccccc4)C23C)CCC1. The lowest BCUT2D eigenvalue weighted by molar-refractivity contribution is 0.407. The Hall–Kier alpha value is -0.690. The minimum atomic E-state index is 0.599. The molecule has 3 aliphatic rings. The van der Waals surface area contributed by atoms with Crippen molar-refractivity contribution in [2.24, 2.45) is 17.3 Å². The van der Waals surface area contributed by atoms with Crippen LogP contribution in [0.25, 0.3) is 0 Å². The van der Waals surface area contributed by atoms with Gasteiger partial charge in [0.2, 0.25) is 0 Å². The van der Waals surface area contributed by atoms with Crippen molar-refractivity contribution in [3.05, 3.63) is 41.5 Å². The second-order valence-electron chi connectivity index (χ2n) is 7.11. The molecule has 0 saturated heterocycles. The zero-order valence-electron chi connectivity index (χ0n) is 12.6. The van der Waals surface area contributed by atoms with Gasteiger partial charge in [0.05, 0.1) is 0 Å². The van der Waals surface area contributed by atoms with Crippen LogP contribution in [-0.2, 0) is 0 Å². The molecule has 4 unspecified atom stereocenters. The Morgan fingerprint density at radius 3 is 2.60 bits per heavy atom. The summed E-state index contributed by atoms with van der Waals surface area (Å²) in [7, 11) is 0. The van der Waals surface area contributed by atoms with E-state index in [2.05, 4.69) is 55.9 Å². The lowest BCUT2D eigenvalue weighted by atomic mass is 9.83. The molecular weight excluding hydrogens is 260 g/mol. The van der Waals surface area contributed by atoms with E-state index < -0.39 is 0 Å². The molecule has 0 bridgehead atoms. The fraction of sp³-hybridized carbons (Fsp3) is 0.579. The van der Waals surface area contributed by atoms with E-state index in [0.717, 1.165) is 17.1 Å². The molecule has 2 saturated carbocycles. The van der Waals surface area contributed by atoms with E-state index in [1.165, 1.54) is 37.0 Å². The van der Waals surface area contributed by atoms with Gasteiger partial charge in [-0.25, -0.2) is 0 Å². The number of benzene rings is 1. The fourth-order valence-corrected chi connectivity index (χ4v) is 6.67. The van der Waals surface area contributed by atoms with Crippen molar-refractivity contribution < 1.29 is 0 Å². The van der Waals surface area contributed by atoms with E-state index in [1.807, 2.05) is 5.57 Å². The van der Waals surface area contributed by atoms with Gasteiger partial charge in [-0.05, 0) is 68.4 Å². The monoisotopic (exact) mass is 284 g/mol. The van der Waals surface area contributed by atoms with E-state index in [-0.39, 0.29) is 0 Å². The van der Waals surface area contributed by atoms with Gasteiger partial charge < -0.3 is 0 Å². The first-order valence-corrected chi connectivity index (χ1v) is 8.99. The minimum Gasteiger partial charge on any atom is -0.122 e. The summed E-state index contributed by atoms with van der Waals surface area (Å²) >= 11 is 2.14. The van der Waals surface area contributed by atoms with E-state index in [9.17, 15) is 0 Å². The lowest BCUT2D eigenvalue weighted by Crippen LogP contribution is -2.16. The number of hydrogen-bond acceptors (Lipinski definition) is 1. The van der Waals surface area contributed by atoms with Crippen LogP contribution in [0.4, 0.5) is 0 Å². The Balaban J connectivity index is 1.55. The van der Waals surface area contributed by atoms with Crippen LogP contribution in [0.15, 0.2) is 46.4 Å². The molecule has 4 atom stereocenters. The standard InChI is InChI=1S/C19H24S/c1-13-7-6-10-15(13)16-11-12-17-18(19(16,17)2)20-14-8-4-3-5-9-14/h3-5,8-9,16-18H,6-7,10-12H2,1-2H3. The molecule has 1 aromatic rings. The molecule has 2 fully saturated rings. The van der Waals surface area contributed by atoms with Gasteiger partial charge in [-0.15, -0.1) is 11.8 Å². The molecular formula is C19H24S. The number of rotatable bonds is 3. The summed E-state index contributed by atoms with van der Waals surface area (Å²) in [6.45, 7) is 4.97. The first-order chi connectivity index (χ1) is 9.71. The third-order valence-corrected chi connectivity index (χ3v) is 7.79. The third kappa shape index (κ3) is 1.82. The van der Waals surface area contributed by atoms with Gasteiger partial charge in [0.15, 0.2) is 0 Å². The van der Waals surface area contributed by atoms with Crippen LogP contribution >= 0.6 is 11.8 Å². The molecule has 1 aromatic carbocycles. The highest BCUT2D eigenvalue weighted by Gasteiger charge is 2.68. The van der Waals surface area contributed by atoms with Gasteiger partial charge in [0, 0.05) is 10.1 Å². The van der Waals surface area contributed by atoms with Crippen LogP contribution in [0.1, 0.15) is 46.0 Å². The molecule has 106 valence electrons. The normalized spacial score (nSPS) is 39.2. The smallest absolute Gasteiger partial charge is 0.0191 e. The molecule has 0 radical (unpaired) electrons. The first kappa shape index (κ1) is 13.0. The molecule has 3 aliphatic carbocycles. The van der Waals surface area contributed by atoms with Crippen molar-refractivity contribution >= 4 is 11.8 Å². The average Bonchev–Trinajstić information content (AvgIpc) is 2.80. The predicted molar refractivity (Wildman–Crippen MR) is 87.0 cm³/mol. The molecule has 0 heterocycles. The van der Waals surface area contributed by atoms with Crippen LogP contribution in [0.5, 0.6) is 0 Å². The summed E-state index contributed by atoms with van der Waals surface area (Å²) in [6, 6.07) is 11.0. The molecule has 20 heavy (non-hydrogen) atoms. The quantitative estimate of drug-likeness (QED) is 0.642. The molecule has 0 aromatic heterocycles. The highest BCUT2D eigenvalue weighted by molar-refractivity contribution is 8.00. The lowest BCUT2D eigenvalue weighted by Gasteiger charge is -2.24. The predicted octanol–water partition coefficient (Wildman–Crippen LogP) is 5.69. The Labute approximate surface area is 127 Å². The number of thioether (sulfide) groups is 1. The zero-order chi connectivity index (χ0) is 13.7. The van der Waals surface area contributed by atoms with Crippen molar-refractivity contribution in [3.8, 4) is 0 Å². The minimum absolute atomic E-state index is 0.599. The topological polar surface area (TPSA) is 0 Å². The molecule has 0 aliphatic heterocycles. The van der Waals surface area contributed by atoms with Crippen LogP contribution in [0, 0.1) is 17.3 Å². The Kier molecular flexibility index (Phi) is 3.03. The van der Waals surface area contributed by atoms with Crippen molar-refractivity contribution in [1.29, 1.82) is 0 Å². The first-order valence-electron chi connectivity index (χ1n) is 8.11. The van der Waals surface area contributed by atoms with Crippen LogP contribution in [0.3, 0.4) is 0 Å². The van der Waals surface area contributed by atoms with E-state index in [1.54, 1.807) is 5.57 Å². The maximum Gasteiger partial charge on any atom is 0.0191 e. The van der Waals surface area contributed by atoms with Gasteiger partial charge in [-0.3, -0.25) is 0 Å². The van der Waals surface area contributed by atoms with Gasteiger partial charge in [0.25, 0.3) is 0 Å². The Morgan fingerprint density at radius 2 is 1.90 bits per heavy atom. The molecule has 1 heteroatoms. The van der Waals surface area contributed by atoms with Crippen LogP contribution in [-0.4, -0.2) is 5.25 Å². The zero-order valence-corrected chi connectivity index (χ0v) is 13.4. The number of hydrogen-bond donors (Lipinski definition) is 0. The Morgan fingerprint density at radius 1 is 1.10 bits per heavy atom. The van der Waals surface area contributed by atoms with Crippen molar-refractivity contribution in [1.82, 2.24) is 0 Å². The molecule has 0 nitrogen and oxygen atoms in total. The van der Waals surface area contributed by atoms with Gasteiger partial charge in [-0.2, -0.15) is 0 Å². The van der Waals surface area contributed by atoms with E-state index in [0.29, 0.717) is 5.41 Å². The molecule has 0 spiro atoms. The summed E-state index contributed by atoms with van der Waals surface area (Å²) < 4.78 is 0. The highest BCUT2D eigenvalue weighted by Crippen LogP contribution is 2.73. The summed E-state index contributed by atoms with van der Waals surface area (Å²) in [5.41, 5.74) is 4.18. The second-order valence-corrected chi connectivity index (χ2v) is 8.33. The van der Waals surface area contributed by atoms with Crippen molar-refractivity contribution in [2.75, 3.05) is 0 Å². The maximum atomic E-state index is 2.58. The Bertz CT molecular complexity index is 544. The van der Waals surface area contributed by atoms with Gasteiger partial charge in [-0.1, -0.05) is 36.3 Å². The molecule has 4 rings (SSSR count). The summed E-state index contributed by atoms with van der Waals surface area (Å²) in [5, 5.41) is 0.865. The highest BCUT2D eigenvalue weighted by atomic mass is 32.2. The van der Waals surface area contributed by atoms with Crippen molar-refractivity contribution in [3.63, 3.8) is 0 Å². The van der Waals surface area contributed by atoms with Crippen molar-refractivity contribution in [2.45, 2.75) is 56.1 Å². The van der Waals surface area contributed by atoms with Gasteiger partial charge in [0.1, 0.15) is 0 Å². The molecule has 0 amide bonds. The number of fused-ring (bicyclic) bond motifs is 1. The van der Waals surface area contributed by atoms with Crippen LogP contribution < -0.4 is 0 Å². The van der Waals surface area contributed by atoms with Crippen LogP contribution in [0.2, 0.25) is 0 Å². The molecule has 0 N–H and O–H groups in total.